The first-order valence-corrected chi connectivity index (χ1v) is 11.5. The third kappa shape index (κ3) is 5.71. The van der Waals surface area contributed by atoms with Gasteiger partial charge in [0, 0.05) is 25.2 Å². The lowest BCUT2D eigenvalue weighted by Crippen LogP contribution is -2.32. The van der Waals surface area contributed by atoms with Crippen molar-refractivity contribution in [3.8, 4) is 5.75 Å². The Morgan fingerprint density at radius 1 is 1.23 bits per heavy atom. The number of halogens is 2. The van der Waals surface area contributed by atoms with Gasteiger partial charge in [0.15, 0.2) is 6.61 Å². The maximum atomic E-state index is 13.7. The average molecular weight is 455 g/mol. The van der Waals surface area contributed by atoms with Crippen LogP contribution in [-0.4, -0.2) is 38.9 Å². The van der Waals surface area contributed by atoms with Crippen LogP contribution in [-0.2, 0) is 21.4 Å². The first-order valence-electron chi connectivity index (χ1n) is 9.68. The van der Waals surface area contributed by atoms with Gasteiger partial charge in [-0.25, -0.2) is 17.5 Å². The number of likely N-dealkylation sites (N-methyl/N-ethyl adjacent to an activating group) is 1. The number of hydrogen-bond acceptors (Lipinski definition) is 4. The van der Waals surface area contributed by atoms with E-state index < -0.39 is 10.0 Å². The molecule has 0 radical (unpaired) electrons. The van der Waals surface area contributed by atoms with Crippen molar-refractivity contribution in [1.29, 1.82) is 0 Å². The van der Waals surface area contributed by atoms with Crippen LogP contribution in [0, 0.1) is 5.82 Å². The van der Waals surface area contributed by atoms with Crippen LogP contribution in [0.2, 0.25) is 5.02 Å². The van der Waals surface area contributed by atoms with E-state index in [2.05, 4.69) is 4.72 Å². The largest absolute Gasteiger partial charge is 0.482 e. The highest BCUT2D eigenvalue weighted by Gasteiger charge is 2.23. The van der Waals surface area contributed by atoms with Crippen molar-refractivity contribution >= 4 is 27.5 Å². The summed E-state index contributed by atoms with van der Waals surface area (Å²) in [6, 6.07) is 10.3. The molecule has 0 unspecified atom stereocenters. The molecule has 30 heavy (non-hydrogen) atoms. The number of benzene rings is 2. The van der Waals surface area contributed by atoms with Crippen molar-refractivity contribution in [3.05, 3.63) is 58.9 Å². The molecule has 2 aromatic rings. The Labute approximate surface area is 181 Å². The van der Waals surface area contributed by atoms with Gasteiger partial charge < -0.3 is 9.64 Å². The SMILES string of the molecule is CN(Cc1ccccc1F)C(=O)COc1ccc(S(=O)(=O)NC2CCCC2)cc1Cl. The Bertz CT molecular complexity index is 1010. The number of sulfonamides is 1. The van der Waals surface area contributed by atoms with E-state index in [1.165, 1.54) is 29.2 Å². The number of carbonyl (C=O) groups is 1. The van der Waals surface area contributed by atoms with Gasteiger partial charge in [0.2, 0.25) is 10.0 Å². The van der Waals surface area contributed by atoms with E-state index in [9.17, 15) is 17.6 Å². The van der Waals surface area contributed by atoms with Crippen LogP contribution in [0.5, 0.6) is 5.75 Å². The summed E-state index contributed by atoms with van der Waals surface area (Å²) in [6.45, 7) is -0.205. The maximum Gasteiger partial charge on any atom is 0.260 e. The minimum atomic E-state index is -3.67. The fourth-order valence-electron chi connectivity index (χ4n) is 3.32. The van der Waals surface area contributed by atoms with Crippen molar-refractivity contribution in [2.45, 2.75) is 43.2 Å². The van der Waals surface area contributed by atoms with E-state index in [4.69, 9.17) is 16.3 Å². The second kappa shape index (κ2) is 9.76. The van der Waals surface area contributed by atoms with E-state index in [0.29, 0.717) is 5.56 Å². The zero-order valence-corrected chi connectivity index (χ0v) is 18.2. The average Bonchev–Trinajstić information content (AvgIpc) is 3.20. The number of nitrogens with one attached hydrogen (secondary N) is 1. The zero-order chi connectivity index (χ0) is 21.7. The number of amides is 1. The molecule has 0 aromatic heterocycles. The number of carbonyl (C=O) groups excluding carboxylic acids is 1. The van der Waals surface area contributed by atoms with Crippen LogP contribution in [0.1, 0.15) is 31.2 Å². The van der Waals surface area contributed by atoms with Crippen molar-refractivity contribution in [1.82, 2.24) is 9.62 Å². The van der Waals surface area contributed by atoms with E-state index in [0.717, 1.165) is 25.7 Å². The summed E-state index contributed by atoms with van der Waals surface area (Å²) in [6.07, 6.45) is 3.69. The molecule has 9 heteroatoms. The van der Waals surface area contributed by atoms with Gasteiger partial charge in [-0.05, 0) is 37.1 Å². The van der Waals surface area contributed by atoms with E-state index in [-0.39, 0.29) is 46.6 Å². The Morgan fingerprint density at radius 2 is 1.93 bits per heavy atom. The summed E-state index contributed by atoms with van der Waals surface area (Å²) in [5.74, 6) is -0.554. The molecule has 1 N–H and O–H groups in total. The van der Waals surface area contributed by atoms with Gasteiger partial charge in [-0.3, -0.25) is 4.79 Å². The van der Waals surface area contributed by atoms with Crippen LogP contribution in [0.15, 0.2) is 47.4 Å². The van der Waals surface area contributed by atoms with Crippen molar-refractivity contribution < 1.29 is 22.3 Å². The maximum absolute atomic E-state index is 13.7. The smallest absolute Gasteiger partial charge is 0.260 e. The predicted molar refractivity (Wildman–Crippen MR) is 112 cm³/mol. The van der Waals surface area contributed by atoms with Crippen molar-refractivity contribution in [3.63, 3.8) is 0 Å². The normalized spacial score (nSPS) is 14.6. The molecule has 2 aromatic carbocycles. The summed E-state index contributed by atoms with van der Waals surface area (Å²) >= 11 is 6.17. The van der Waals surface area contributed by atoms with E-state index in [1.54, 1.807) is 25.2 Å². The fourth-order valence-corrected chi connectivity index (χ4v) is 4.95. The monoisotopic (exact) mass is 454 g/mol. The number of ether oxygens (including phenoxy) is 1. The number of rotatable bonds is 8. The van der Waals surface area contributed by atoms with Gasteiger partial charge in [0.1, 0.15) is 11.6 Å². The molecule has 0 heterocycles. The van der Waals surface area contributed by atoms with Gasteiger partial charge in [0.25, 0.3) is 5.91 Å². The minimum absolute atomic E-state index is 0.0488. The van der Waals surface area contributed by atoms with Crippen molar-refractivity contribution in [2.75, 3.05) is 13.7 Å². The molecule has 3 rings (SSSR count). The summed E-state index contributed by atoms with van der Waals surface area (Å²) < 4.78 is 46.9. The summed E-state index contributed by atoms with van der Waals surface area (Å²) in [5, 5.41) is 0.0915. The quantitative estimate of drug-likeness (QED) is 0.659. The lowest BCUT2D eigenvalue weighted by atomic mass is 10.2. The second-order valence-electron chi connectivity index (χ2n) is 7.32. The minimum Gasteiger partial charge on any atom is -0.482 e. The number of nitrogens with zero attached hydrogens (tertiary/aromatic N) is 1. The Hall–Kier alpha value is -2.16. The summed E-state index contributed by atoms with van der Waals surface area (Å²) in [4.78, 5) is 13.7. The molecule has 0 atom stereocenters. The molecule has 0 spiro atoms. The molecule has 1 aliphatic carbocycles. The highest BCUT2D eigenvalue weighted by molar-refractivity contribution is 7.89. The van der Waals surface area contributed by atoms with Crippen LogP contribution < -0.4 is 9.46 Å². The molecule has 1 saturated carbocycles. The van der Waals surface area contributed by atoms with Crippen molar-refractivity contribution in [2.24, 2.45) is 0 Å². The zero-order valence-electron chi connectivity index (χ0n) is 16.6. The molecule has 1 fully saturated rings. The molecule has 0 aliphatic heterocycles. The topological polar surface area (TPSA) is 75.7 Å². The Morgan fingerprint density at radius 3 is 2.60 bits per heavy atom. The molecule has 162 valence electrons. The third-order valence-electron chi connectivity index (χ3n) is 5.03. The lowest BCUT2D eigenvalue weighted by Gasteiger charge is -2.18. The summed E-state index contributed by atoms with van der Waals surface area (Å²) in [5.41, 5.74) is 0.399. The summed E-state index contributed by atoms with van der Waals surface area (Å²) in [7, 11) is -2.12. The van der Waals surface area contributed by atoms with Crippen LogP contribution in [0.25, 0.3) is 0 Å². The predicted octanol–water partition coefficient (Wildman–Crippen LogP) is 3.74. The highest BCUT2D eigenvalue weighted by atomic mass is 35.5. The van der Waals surface area contributed by atoms with Gasteiger partial charge in [0.05, 0.1) is 9.92 Å². The van der Waals surface area contributed by atoms with Gasteiger partial charge in [-0.1, -0.05) is 42.6 Å². The van der Waals surface area contributed by atoms with Gasteiger partial charge in [-0.15, -0.1) is 0 Å². The Kier molecular flexibility index (Phi) is 7.33. The second-order valence-corrected chi connectivity index (χ2v) is 9.45. The standard InChI is InChI=1S/C21H24ClFN2O4S/c1-25(13-15-6-2-5-9-19(15)23)21(26)14-29-20-11-10-17(12-18(20)22)30(27,28)24-16-7-3-4-8-16/h2,5-6,9-12,16,24H,3-4,7-8,13-14H2,1H3. The molecule has 0 bridgehead atoms. The van der Waals surface area contributed by atoms with Crippen LogP contribution in [0.4, 0.5) is 4.39 Å². The first-order chi connectivity index (χ1) is 14.3. The van der Waals surface area contributed by atoms with E-state index >= 15 is 0 Å². The third-order valence-corrected chi connectivity index (χ3v) is 6.85. The lowest BCUT2D eigenvalue weighted by molar-refractivity contribution is -0.132. The molecular weight excluding hydrogens is 431 g/mol. The molecule has 6 nitrogen and oxygen atoms in total. The fraction of sp³-hybridized carbons (Fsp3) is 0.381. The molecule has 1 aliphatic rings. The first kappa shape index (κ1) is 22.5. The molecular formula is C21H24ClFN2O4S. The highest BCUT2D eigenvalue weighted by Crippen LogP contribution is 2.28. The Balaban J connectivity index is 1.59. The van der Waals surface area contributed by atoms with Crippen LogP contribution in [0.3, 0.4) is 0 Å². The molecule has 1 amide bonds. The van der Waals surface area contributed by atoms with Gasteiger partial charge >= 0.3 is 0 Å². The van der Waals surface area contributed by atoms with Gasteiger partial charge in [-0.2, -0.15) is 0 Å². The number of hydrogen-bond donors (Lipinski definition) is 1. The molecule has 0 saturated heterocycles. The van der Waals surface area contributed by atoms with E-state index in [1.807, 2.05) is 0 Å². The van der Waals surface area contributed by atoms with Crippen LogP contribution >= 0.6 is 11.6 Å².